The summed E-state index contributed by atoms with van der Waals surface area (Å²) in [5.41, 5.74) is -1.04. The number of hydrogen-bond acceptors (Lipinski definition) is 5. The van der Waals surface area contributed by atoms with Crippen LogP contribution in [0.1, 0.15) is 12.0 Å². The van der Waals surface area contributed by atoms with Crippen molar-refractivity contribution in [2.24, 2.45) is 23.7 Å². The average molecular weight is 582 g/mol. The van der Waals surface area contributed by atoms with Crippen LogP contribution >= 0.6 is 31.9 Å². The van der Waals surface area contributed by atoms with Crippen LogP contribution in [0.25, 0.3) is 0 Å². The predicted octanol–water partition coefficient (Wildman–Crippen LogP) is 2.97. The van der Waals surface area contributed by atoms with Crippen LogP contribution in [0, 0.1) is 23.7 Å². The number of fused-ring (bicyclic) bond motifs is 5. The standard InChI is InChI=1S/C20H17Br2F3N2O5/c21-16-10-5-11(17(16)22)15-14(10)18(30)27(19(15)31)6-13(29)32-7-12(28)26-9-3-1-2-8(4-9)20(23,24)25/h1-4,10-11,14-17H,5-7H2,(H,26,28)/t10-,11-,14-,15-,16+,17+/m1/s1. The molecule has 2 bridgehead atoms. The lowest BCUT2D eigenvalue weighted by Crippen LogP contribution is -2.38. The molecular weight excluding hydrogens is 565 g/mol. The molecule has 0 radical (unpaired) electrons. The van der Waals surface area contributed by atoms with Crippen molar-refractivity contribution in [3.05, 3.63) is 29.8 Å². The number of esters is 1. The Bertz CT molecular complexity index is 956. The molecule has 12 heteroatoms. The van der Waals surface area contributed by atoms with Gasteiger partial charge in [-0.25, -0.2) is 0 Å². The predicted molar refractivity (Wildman–Crippen MR) is 112 cm³/mol. The Labute approximate surface area is 197 Å². The summed E-state index contributed by atoms with van der Waals surface area (Å²) in [6, 6.07) is 4.01. The van der Waals surface area contributed by atoms with Crippen LogP contribution in [-0.4, -0.2) is 51.4 Å². The summed E-state index contributed by atoms with van der Waals surface area (Å²) in [5, 5.41) is 2.21. The molecule has 1 N–H and O–H groups in total. The van der Waals surface area contributed by atoms with Crippen LogP contribution in [0.2, 0.25) is 0 Å². The van der Waals surface area contributed by atoms with Gasteiger partial charge in [0.15, 0.2) is 6.61 Å². The fourth-order valence-electron chi connectivity index (χ4n) is 4.86. The summed E-state index contributed by atoms with van der Waals surface area (Å²) in [6.45, 7) is -1.38. The molecule has 172 valence electrons. The second-order valence-corrected chi connectivity index (χ2v) is 10.2. The van der Waals surface area contributed by atoms with Gasteiger partial charge in [-0.2, -0.15) is 13.2 Å². The highest BCUT2D eigenvalue weighted by Crippen LogP contribution is 2.60. The van der Waals surface area contributed by atoms with Crippen LogP contribution < -0.4 is 5.32 Å². The normalized spacial score (nSPS) is 31.1. The quantitative estimate of drug-likeness (QED) is 0.328. The van der Waals surface area contributed by atoms with Crippen molar-refractivity contribution in [1.82, 2.24) is 4.90 Å². The lowest BCUT2D eigenvalue weighted by atomic mass is 9.81. The van der Waals surface area contributed by atoms with Crippen molar-refractivity contribution in [2.75, 3.05) is 18.5 Å². The monoisotopic (exact) mass is 580 g/mol. The second kappa shape index (κ2) is 8.44. The third-order valence-corrected chi connectivity index (χ3v) is 9.41. The van der Waals surface area contributed by atoms with Crippen molar-refractivity contribution >= 4 is 61.2 Å². The molecule has 32 heavy (non-hydrogen) atoms. The largest absolute Gasteiger partial charge is 0.454 e. The van der Waals surface area contributed by atoms with E-state index in [4.69, 9.17) is 4.74 Å². The minimum absolute atomic E-state index is 0.00471. The number of likely N-dealkylation sites (tertiary alicyclic amines) is 1. The number of nitrogens with one attached hydrogen (secondary N) is 1. The zero-order valence-corrected chi connectivity index (χ0v) is 19.4. The van der Waals surface area contributed by atoms with E-state index in [2.05, 4.69) is 37.2 Å². The third-order valence-electron chi connectivity index (χ3n) is 6.20. The summed E-state index contributed by atoms with van der Waals surface area (Å²) in [6.07, 6.45) is -3.81. The molecule has 2 saturated carbocycles. The summed E-state index contributed by atoms with van der Waals surface area (Å²) in [4.78, 5) is 50.6. The van der Waals surface area contributed by atoms with Crippen molar-refractivity contribution in [1.29, 1.82) is 0 Å². The van der Waals surface area contributed by atoms with Gasteiger partial charge in [0.1, 0.15) is 6.54 Å². The van der Waals surface area contributed by atoms with Gasteiger partial charge in [-0.3, -0.25) is 24.1 Å². The van der Waals surface area contributed by atoms with E-state index in [1.54, 1.807) is 0 Å². The number of benzene rings is 1. The van der Waals surface area contributed by atoms with Crippen molar-refractivity contribution in [2.45, 2.75) is 22.3 Å². The number of anilines is 1. The van der Waals surface area contributed by atoms with E-state index in [0.717, 1.165) is 29.5 Å². The zero-order valence-electron chi connectivity index (χ0n) is 16.3. The minimum atomic E-state index is -4.57. The van der Waals surface area contributed by atoms with E-state index in [-0.39, 0.29) is 27.2 Å². The first-order chi connectivity index (χ1) is 15.0. The molecule has 6 atom stereocenters. The Morgan fingerprint density at radius 1 is 1.09 bits per heavy atom. The Balaban J connectivity index is 1.31. The average Bonchev–Trinajstić information content (AvgIpc) is 3.33. The molecule has 0 spiro atoms. The Hall–Kier alpha value is -1.95. The number of imide groups is 1. The molecular formula is C20H17Br2F3N2O5. The van der Waals surface area contributed by atoms with Gasteiger partial charge in [-0.15, -0.1) is 0 Å². The Morgan fingerprint density at radius 3 is 2.25 bits per heavy atom. The summed E-state index contributed by atoms with van der Waals surface area (Å²) < 4.78 is 43.1. The van der Waals surface area contributed by atoms with E-state index in [1.165, 1.54) is 6.07 Å². The first-order valence-corrected chi connectivity index (χ1v) is 11.6. The molecule has 4 rings (SSSR count). The number of nitrogens with zero attached hydrogens (tertiary/aromatic N) is 1. The molecule has 1 heterocycles. The van der Waals surface area contributed by atoms with Gasteiger partial charge in [-0.1, -0.05) is 37.9 Å². The molecule has 1 aromatic carbocycles. The van der Waals surface area contributed by atoms with Gasteiger partial charge in [-0.05, 0) is 36.5 Å². The second-order valence-electron chi connectivity index (χ2n) is 8.05. The topological polar surface area (TPSA) is 92.8 Å². The molecule has 0 aromatic heterocycles. The summed E-state index contributed by atoms with van der Waals surface area (Å²) in [5.74, 6) is -3.57. The van der Waals surface area contributed by atoms with Crippen LogP contribution in [0.15, 0.2) is 24.3 Å². The molecule has 1 aromatic rings. The first-order valence-electron chi connectivity index (χ1n) is 9.75. The Kier molecular flexibility index (Phi) is 6.12. The number of halogens is 5. The fraction of sp³-hybridized carbons (Fsp3) is 0.500. The van der Waals surface area contributed by atoms with Gasteiger partial charge < -0.3 is 10.1 Å². The number of carbonyl (C=O) groups excluding carboxylic acids is 4. The minimum Gasteiger partial charge on any atom is -0.454 e. The maximum absolute atomic E-state index is 12.8. The van der Waals surface area contributed by atoms with E-state index >= 15 is 0 Å². The molecule has 7 nitrogen and oxygen atoms in total. The number of hydrogen-bond donors (Lipinski definition) is 1. The van der Waals surface area contributed by atoms with Gasteiger partial charge >= 0.3 is 12.1 Å². The SMILES string of the molecule is O=C(COC(=O)CN1C(=O)[C@@H]2[C@H]3C[C@@H]([C@H](Br)[C@H]3Br)[C@H]2C1=O)Nc1cccc(C(F)(F)F)c1. The summed E-state index contributed by atoms with van der Waals surface area (Å²) >= 11 is 7.14. The highest BCUT2D eigenvalue weighted by Gasteiger charge is 2.66. The maximum atomic E-state index is 12.8. The molecule has 0 unspecified atom stereocenters. The highest BCUT2D eigenvalue weighted by atomic mass is 79.9. The van der Waals surface area contributed by atoms with Crippen LogP contribution in [0.3, 0.4) is 0 Å². The van der Waals surface area contributed by atoms with Crippen molar-refractivity contribution in [3.63, 3.8) is 0 Å². The van der Waals surface area contributed by atoms with Crippen LogP contribution in [-0.2, 0) is 30.1 Å². The smallest absolute Gasteiger partial charge is 0.416 e. The molecule has 2 aliphatic carbocycles. The maximum Gasteiger partial charge on any atom is 0.416 e. The van der Waals surface area contributed by atoms with Gasteiger partial charge in [0.2, 0.25) is 11.8 Å². The third kappa shape index (κ3) is 4.07. The lowest BCUT2D eigenvalue weighted by Gasteiger charge is -2.28. The lowest BCUT2D eigenvalue weighted by molar-refractivity contribution is -0.154. The van der Waals surface area contributed by atoms with E-state index in [9.17, 15) is 32.3 Å². The van der Waals surface area contributed by atoms with Gasteiger partial charge in [0.05, 0.1) is 17.4 Å². The van der Waals surface area contributed by atoms with Crippen molar-refractivity contribution < 1.29 is 37.1 Å². The first kappa shape index (κ1) is 23.2. The molecule has 1 saturated heterocycles. The van der Waals surface area contributed by atoms with E-state index in [1.807, 2.05) is 0 Å². The highest BCUT2D eigenvalue weighted by molar-refractivity contribution is 9.12. The van der Waals surface area contributed by atoms with Crippen LogP contribution in [0.5, 0.6) is 0 Å². The molecule has 1 aliphatic heterocycles. The fourth-order valence-corrected chi connectivity index (χ4v) is 6.73. The van der Waals surface area contributed by atoms with Gasteiger partial charge in [0.25, 0.3) is 5.91 Å². The van der Waals surface area contributed by atoms with Gasteiger partial charge in [0, 0.05) is 15.3 Å². The summed E-state index contributed by atoms with van der Waals surface area (Å²) in [7, 11) is 0. The number of ether oxygens (including phenoxy) is 1. The van der Waals surface area contributed by atoms with E-state index < -0.39 is 60.4 Å². The number of carbonyl (C=O) groups is 4. The molecule has 3 amide bonds. The number of amides is 3. The molecule has 3 fully saturated rings. The number of rotatable bonds is 5. The Morgan fingerprint density at radius 2 is 1.69 bits per heavy atom. The number of alkyl halides is 5. The molecule has 3 aliphatic rings. The van der Waals surface area contributed by atoms with E-state index in [0.29, 0.717) is 0 Å². The van der Waals surface area contributed by atoms with Crippen molar-refractivity contribution in [3.8, 4) is 0 Å². The van der Waals surface area contributed by atoms with Crippen LogP contribution in [0.4, 0.5) is 18.9 Å². The zero-order chi connectivity index (χ0) is 23.4.